The Labute approximate surface area is 148 Å². The molecule has 0 radical (unpaired) electrons. The predicted octanol–water partition coefficient (Wildman–Crippen LogP) is 5.22. The number of benzene rings is 1. The molecule has 0 bridgehead atoms. The first kappa shape index (κ1) is 19.8. The Morgan fingerprint density at radius 1 is 1.17 bits per heavy atom. The van der Waals surface area contributed by atoms with Gasteiger partial charge in [-0.25, -0.2) is 5.43 Å². The number of nitrogens with one attached hydrogen (secondary N) is 1. The predicted molar refractivity (Wildman–Crippen MR) is 96.6 cm³/mol. The first-order valence-corrected chi connectivity index (χ1v) is 8.74. The van der Waals surface area contributed by atoms with Gasteiger partial charge in [0.1, 0.15) is 5.75 Å². The van der Waals surface area contributed by atoms with Crippen molar-refractivity contribution in [1.82, 2.24) is 5.43 Å². The van der Waals surface area contributed by atoms with Gasteiger partial charge in [-0.15, -0.1) is 0 Å². The van der Waals surface area contributed by atoms with Crippen molar-refractivity contribution in [2.75, 3.05) is 6.61 Å². The van der Waals surface area contributed by atoms with Crippen LogP contribution in [0.15, 0.2) is 23.3 Å². The highest BCUT2D eigenvalue weighted by molar-refractivity contribution is 6.35. The lowest BCUT2D eigenvalue weighted by Gasteiger charge is -2.08. The molecule has 0 fully saturated rings. The maximum absolute atomic E-state index is 11.8. The summed E-state index contributed by atoms with van der Waals surface area (Å²) >= 11 is 11.8. The zero-order chi connectivity index (χ0) is 17.1. The molecule has 0 heterocycles. The van der Waals surface area contributed by atoms with Crippen LogP contribution in [0.2, 0.25) is 10.0 Å². The Balaban J connectivity index is 2.29. The Kier molecular flexibility index (Phi) is 9.72. The maximum atomic E-state index is 11.8. The van der Waals surface area contributed by atoms with Crippen molar-refractivity contribution in [2.45, 2.75) is 52.4 Å². The summed E-state index contributed by atoms with van der Waals surface area (Å²) in [5.41, 5.74) is 3.67. The van der Waals surface area contributed by atoms with E-state index < -0.39 is 0 Å². The summed E-state index contributed by atoms with van der Waals surface area (Å²) in [5.74, 6) is 0.475. The van der Waals surface area contributed by atoms with Crippen molar-refractivity contribution in [3.05, 3.63) is 28.2 Å². The Bertz CT molecular complexity index is 525. The molecule has 4 nitrogen and oxygen atoms in total. The summed E-state index contributed by atoms with van der Waals surface area (Å²) in [7, 11) is 0. The zero-order valence-corrected chi connectivity index (χ0v) is 15.2. The van der Waals surface area contributed by atoms with Crippen molar-refractivity contribution >= 4 is 34.8 Å². The van der Waals surface area contributed by atoms with Crippen LogP contribution in [0, 0.1) is 0 Å². The molecule has 1 aromatic rings. The van der Waals surface area contributed by atoms with Crippen LogP contribution in [0.25, 0.3) is 0 Å². The van der Waals surface area contributed by atoms with Crippen LogP contribution in [0.1, 0.15) is 52.4 Å². The summed E-state index contributed by atoms with van der Waals surface area (Å²) in [6.45, 7) is 4.62. The molecule has 0 saturated carbocycles. The zero-order valence-electron chi connectivity index (χ0n) is 13.7. The Hall–Kier alpha value is -1.26. The minimum atomic E-state index is -0.0968. The molecule has 6 heteroatoms. The number of rotatable bonds is 10. The average molecular weight is 359 g/mol. The highest BCUT2D eigenvalue weighted by atomic mass is 35.5. The fourth-order valence-electron chi connectivity index (χ4n) is 2.02. The molecule has 1 amide bonds. The molecule has 0 saturated heterocycles. The molecule has 128 valence electrons. The fraction of sp³-hybridized carbons (Fsp3) is 0.529. The third-order valence-corrected chi connectivity index (χ3v) is 3.65. The van der Waals surface area contributed by atoms with Crippen LogP contribution in [-0.2, 0) is 4.79 Å². The molecule has 0 aliphatic heterocycles. The lowest BCUT2D eigenvalue weighted by molar-refractivity contribution is -0.121. The summed E-state index contributed by atoms with van der Waals surface area (Å²) in [5, 5.41) is 5.24. The Morgan fingerprint density at radius 3 is 2.48 bits per heavy atom. The van der Waals surface area contributed by atoms with Crippen LogP contribution < -0.4 is 10.2 Å². The number of carbonyl (C=O) groups is 1. The smallest absolute Gasteiger partial charge is 0.240 e. The molecular formula is C17H24Cl2N2O2. The van der Waals surface area contributed by atoms with Gasteiger partial charge >= 0.3 is 0 Å². The monoisotopic (exact) mass is 358 g/mol. The molecule has 0 atom stereocenters. The van der Waals surface area contributed by atoms with E-state index in [1.807, 2.05) is 0 Å². The van der Waals surface area contributed by atoms with Gasteiger partial charge in [0.25, 0.3) is 0 Å². The highest BCUT2D eigenvalue weighted by Crippen LogP contribution is 2.27. The van der Waals surface area contributed by atoms with Gasteiger partial charge < -0.3 is 4.74 Å². The van der Waals surface area contributed by atoms with Gasteiger partial charge in [-0.2, -0.15) is 5.10 Å². The molecule has 23 heavy (non-hydrogen) atoms. The van der Waals surface area contributed by atoms with Gasteiger partial charge in [-0.05, 0) is 37.5 Å². The first-order chi connectivity index (χ1) is 11.1. The summed E-state index contributed by atoms with van der Waals surface area (Å²) in [6.07, 6.45) is 4.87. The van der Waals surface area contributed by atoms with Gasteiger partial charge in [-0.3, -0.25) is 4.79 Å². The lowest BCUT2D eigenvalue weighted by Crippen LogP contribution is -2.20. The van der Waals surface area contributed by atoms with E-state index in [9.17, 15) is 4.79 Å². The number of hydrogen-bond acceptors (Lipinski definition) is 3. The number of ether oxygens (including phenoxy) is 1. The highest BCUT2D eigenvalue weighted by Gasteiger charge is 2.05. The van der Waals surface area contributed by atoms with Crippen molar-refractivity contribution in [2.24, 2.45) is 5.10 Å². The molecule has 0 aliphatic rings. The largest absolute Gasteiger partial charge is 0.492 e. The second-order valence-corrected chi connectivity index (χ2v) is 6.08. The average Bonchev–Trinajstić information content (AvgIpc) is 2.51. The molecule has 0 unspecified atom stereocenters. The molecule has 0 spiro atoms. The molecule has 1 aromatic carbocycles. The second kappa shape index (κ2) is 11.3. The molecule has 0 aliphatic carbocycles. The maximum Gasteiger partial charge on any atom is 0.240 e. The minimum absolute atomic E-state index is 0.0968. The molecule has 1 N–H and O–H groups in total. The van der Waals surface area contributed by atoms with E-state index in [0.717, 1.165) is 31.4 Å². The van der Waals surface area contributed by atoms with Crippen molar-refractivity contribution in [1.29, 1.82) is 0 Å². The van der Waals surface area contributed by atoms with Gasteiger partial charge in [-0.1, -0.05) is 49.9 Å². The number of carbonyl (C=O) groups excluding carboxylic acids is 1. The number of halogens is 2. The Morgan fingerprint density at radius 2 is 1.87 bits per heavy atom. The lowest BCUT2D eigenvalue weighted by atomic mass is 10.1. The van der Waals surface area contributed by atoms with E-state index in [-0.39, 0.29) is 5.91 Å². The SMILES string of the molecule is CCCC(CCC)=NNC(=O)CCCOc1ccc(Cl)cc1Cl. The molecule has 1 rings (SSSR count). The van der Waals surface area contributed by atoms with Crippen LogP contribution in [-0.4, -0.2) is 18.2 Å². The van der Waals surface area contributed by atoms with Gasteiger partial charge in [0.15, 0.2) is 0 Å². The van der Waals surface area contributed by atoms with E-state index in [4.69, 9.17) is 27.9 Å². The number of amides is 1. The van der Waals surface area contributed by atoms with E-state index in [2.05, 4.69) is 24.4 Å². The van der Waals surface area contributed by atoms with Crippen molar-refractivity contribution in [3.63, 3.8) is 0 Å². The van der Waals surface area contributed by atoms with Crippen molar-refractivity contribution in [3.8, 4) is 5.75 Å². The van der Waals surface area contributed by atoms with E-state index in [1.54, 1.807) is 18.2 Å². The van der Waals surface area contributed by atoms with E-state index in [1.165, 1.54) is 0 Å². The van der Waals surface area contributed by atoms with Crippen LogP contribution in [0.4, 0.5) is 0 Å². The molecule has 0 aromatic heterocycles. The summed E-state index contributed by atoms with van der Waals surface area (Å²) in [6, 6.07) is 5.06. The van der Waals surface area contributed by atoms with Gasteiger partial charge in [0.2, 0.25) is 5.91 Å². The first-order valence-electron chi connectivity index (χ1n) is 7.99. The molecular weight excluding hydrogens is 335 g/mol. The van der Waals surface area contributed by atoms with Crippen LogP contribution in [0.3, 0.4) is 0 Å². The van der Waals surface area contributed by atoms with Gasteiger partial charge in [0, 0.05) is 17.2 Å². The second-order valence-electron chi connectivity index (χ2n) is 5.24. The van der Waals surface area contributed by atoms with E-state index in [0.29, 0.717) is 35.2 Å². The number of hydrazone groups is 1. The number of nitrogens with zero attached hydrogens (tertiary/aromatic N) is 1. The minimum Gasteiger partial charge on any atom is -0.492 e. The van der Waals surface area contributed by atoms with E-state index >= 15 is 0 Å². The third-order valence-electron chi connectivity index (χ3n) is 3.12. The normalized spacial score (nSPS) is 10.3. The summed E-state index contributed by atoms with van der Waals surface area (Å²) in [4.78, 5) is 11.8. The topological polar surface area (TPSA) is 50.7 Å². The van der Waals surface area contributed by atoms with Crippen molar-refractivity contribution < 1.29 is 9.53 Å². The third kappa shape index (κ3) is 8.24. The van der Waals surface area contributed by atoms with Crippen LogP contribution >= 0.6 is 23.2 Å². The quantitative estimate of drug-likeness (QED) is 0.353. The van der Waals surface area contributed by atoms with Crippen LogP contribution in [0.5, 0.6) is 5.75 Å². The summed E-state index contributed by atoms with van der Waals surface area (Å²) < 4.78 is 5.54. The standard InChI is InChI=1S/C17H24Cl2N2O2/c1-3-6-14(7-4-2)20-21-17(22)8-5-11-23-16-10-9-13(18)12-15(16)19/h9-10,12H,3-8,11H2,1-2H3,(H,21,22). The van der Waals surface area contributed by atoms with Gasteiger partial charge in [0.05, 0.1) is 11.6 Å². The number of hydrogen-bond donors (Lipinski definition) is 1. The fourth-order valence-corrected chi connectivity index (χ4v) is 2.48.